The molecule has 9 heteroatoms. The first-order valence-corrected chi connectivity index (χ1v) is 15.6. The van der Waals surface area contributed by atoms with Crippen LogP contribution in [-0.4, -0.2) is 52.5 Å². The first kappa shape index (κ1) is 31.4. The van der Waals surface area contributed by atoms with E-state index in [1.807, 2.05) is 97.9 Å². The van der Waals surface area contributed by atoms with Crippen molar-refractivity contribution in [2.75, 3.05) is 5.75 Å². The number of ether oxygens (including phenoxy) is 5. The Morgan fingerprint density at radius 3 is 1.80 bits per heavy atom. The van der Waals surface area contributed by atoms with Crippen LogP contribution in [0, 0.1) is 0 Å². The molecule has 8 nitrogen and oxygen atoms in total. The lowest BCUT2D eigenvalue weighted by Gasteiger charge is -2.44. The van der Waals surface area contributed by atoms with Crippen LogP contribution in [0.15, 0.2) is 115 Å². The van der Waals surface area contributed by atoms with Crippen LogP contribution in [0.3, 0.4) is 0 Å². The normalized spacial score (nSPS) is 21.3. The summed E-state index contributed by atoms with van der Waals surface area (Å²) in [6.07, 6.45) is -2.51. The van der Waals surface area contributed by atoms with E-state index in [1.54, 1.807) is 18.2 Å². The molecule has 4 aromatic rings. The highest BCUT2D eigenvalue weighted by molar-refractivity contribution is 7.99. The average molecular weight is 614 g/mol. The molecule has 1 aliphatic heterocycles. The van der Waals surface area contributed by atoms with E-state index in [1.165, 1.54) is 18.0 Å². The van der Waals surface area contributed by atoms with Crippen molar-refractivity contribution in [1.82, 2.24) is 4.98 Å². The molecule has 3 aromatic carbocycles. The van der Waals surface area contributed by atoms with Gasteiger partial charge in [0.1, 0.15) is 29.9 Å². The summed E-state index contributed by atoms with van der Waals surface area (Å²) in [5.74, 6) is -0.609. The van der Waals surface area contributed by atoms with Crippen molar-refractivity contribution < 1.29 is 33.3 Å². The van der Waals surface area contributed by atoms with Gasteiger partial charge in [-0.05, 0) is 34.6 Å². The highest BCUT2D eigenvalue weighted by atomic mass is 32.2. The monoisotopic (exact) mass is 613 g/mol. The van der Waals surface area contributed by atoms with E-state index in [0.29, 0.717) is 5.75 Å². The van der Waals surface area contributed by atoms with Crippen LogP contribution in [0.2, 0.25) is 0 Å². The molecule has 1 saturated heterocycles. The van der Waals surface area contributed by atoms with Gasteiger partial charge in [-0.15, -0.1) is 11.8 Å². The van der Waals surface area contributed by atoms with Crippen molar-refractivity contribution in [2.45, 2.75) is 56.6 Å². The van der Waals surface area contributed by atoms with E-state index < -0.39 is 41.8 Å². The molecule has 0 unspecified atom stereocenters. The Balaban J connectivity index is 1.47. The van der Waals surface area contributed by atoms with Gasteiger partial charge in [0, 0.05) is 6.20 Å². The van der Waals surface area contributed by atoms with Gasteiger partial charge in [-0.3, -0.25) is 0 Å². The molecule has 0 aliphatic carbocycles. The third kappa shape index (κ3) is 8.54. The fourth-order valence-corrected chi connectivity index (χ4v) is 5.75. The van der Waals surface area contributed by atoms with E-state index in [-0.39, 0.29) is 25.5 Å². The molecule has 1 fully saturated rings. The van der Waals surface area contributed by atoms with E-state index in [4.69, 9.17) is 23.7 Å². The highest BCUT2D eigenvalue weighted by Gasteiger charge is 2.53. The quantitative estimate of drug-likeness (QED) is 0.168. The van der Waals surface area contributed by atoms with Crippen LogP contribution < -0.4 is 0 Å². The molecule has 44 heavy (non-hydrogen) atoms. The summed E-state index contributed by atoms with van der Waals surface area (Å²) in [7, 11) is 0. The molecule has 0 radical (unpaired) electrons. The fraction of sp³-hybridized carbons (Fsp3) is 0.286. The van der Waals surface area contributed by atoms with Crippen molar-refractivity contribution in [3.63, 3.8) is 0 Å². The maximum atomic E-state index is 13.7. The Kier molecular flexibility index (Phi) is 11.5. The SMILES string of the molecule is CCS[C@H]1O[C@H](C(=O)OCc2ccccc2)[C@@H](OCc2ccccc2)[C@H](OC(=O)c2ccccn2)[C@@H]1OCc1ccccc1. The standard InChI is InChI=1S/C35H35NO7S/c1-2-44-35-32(40-23-26-16-8-4-9-17-26)30(42-33(37)28-20-12-13-21-36-28)29(39-22-25-14-6-3-7-15-25)31(43-35)34(38)41-24-27-18-10-5-11-19-27/h3-21,29-32,35H,2,22-24H2,1H3/t29-,30-,31-,32-,35+/m0/s1. The van der Waals surface area contributed by atoms with E-state index >= 15 is 0 Å². The molecule has 5 atom stereocenters. The van der Waals surface area contributed by atoms with Gasteiger partial charge in [0.25, 0.3) is 0 Å². The van der Waals surface area contributed by atoms with Crippen molar-refractivity contribution in [1.29, 1.82) is 0 Å². The van der Waals surface area contributed by atoms with Crippen molar-refractivity contribution in [3.8, 4) is 0 Å². The van der Waals surface area contributed by atoms with E-state index in [9.17, 15) is 9.59 Å². The first-order valence-electron chi connectivity index (χ1n) is 14.5. The molecule has 2 heterocycles. The second kappa shape index (κ2) is 16.2. The molecule has 5 rings (SSSR count). The third-order valence-electron chi connectivity index (χ3n) is 6.97. The maximum Gasteiger partial charge on any atom is 0.357 e. The first-order chi connectivity index (χ1) is 21.6. The van der Waals surface area contributed by atoms with Gasteiger partial charge >= 0.3 is 11.9 Å². The molecule has 0 N–H and O–H groups in total. The Bertz CT molecular complexity index is 1440. The summed E-state index contributed by atoms with van der Waals surface area (Å²) in [6.45, 7) is 2.43. The second-order valence-electron chi connectivity index (χ2n) is 10.1. The molecular formula is C35H35NO7S. The van der Waals surface area contributed by atoms with Crippen LogP contribution >= 0.6 is 11.8 Å². The zero-order valence-corrected chi connectivity index (χ0v) is 25.2. The molecular weight excluding hydrogens is 578 g/mol. The number of carbonyl (C=O) groups excluding carboxylic acids is 2. The number of aromatic nitrogens is 1. The van der Waals surface area contributed by atoms with Crippen LogP contribution in [0.25, 0.3) is 0 Å². The van der Waals surface area contributed by atoms with Gasteiger partial charge in [-0.25, -0.2) is 14.6 Å². The minimum Gasteiger partial charge on any atom is -0.459 e. The van der Waals surface area contributed by atoms with Gasteiger partial charge in [-0.1, -0.05) is 104 Å². The maximum absolute atomic E-state index is 13.7. The number of rotatable bonds is 13. The Hall–Kier alpha value is -4.02. The van der Waals surface area contributed by atoms with Crippen LogP contribution in [0.4, 0.5) is 0 Å². The summed E-state index contributed by atoms with van der Waals surface area (Å²) in [6, 6.07) is 33.6. The van der Waals surface area contributed by atoms with Crippen LogP contribution in [0.5, 0.6) is 0 Å². The van der Waals surface area contributed by atoms with Gasteiger partial charge in [0.15, 0.2) is 12.2 Å². The van der Waals surface area contributed by atoms with Crippen LogP contribution in [-0.2, 0) is 48.3 Å². The van der Waals surface area contributed by atoms with Gasteiger partial charge < -0.3 is 23.7 Å². The van der Waals surface area contributed by atoms with Crippen molar-refractivity contribution in [3.05, 3.63) is 138 Å². The predicted molar refractivity (Wildman–Crippen MR) is 167 cm³/mol. The molecule has 0 bridgehead atoms. The van der Waals surface area contributed by atoms with Gasteiger partial charge in [0.2, 0.25) is 0 Å². The Labute approximate surface area is 261 Å². The number of nitrogens with zero attached hydrogens (tertiary/aromatic N) is 1. The number of carbonyl (C=O) groups is 2. The van der Waals surface area contributed by atoms with Gasteiger partial charge in [0.05, 0.1) is 13.2 Å². The molecule has 0 saturated carbocycles. The second-order valence-corrected chi connectivity index (χ2v) is 11.5. The minimum absolute atomic E-state index is 0.0584. The number of esters is 2. The van der Waals surface area contributed by atoms with Crippen molar-refractivity contribution in [2.24, 2.45) is 0 Å². The lowest BCUT2D eigenvalue weighted by atomic mass is 9.98. The third-order valence-corrected chi connectivity index (χ3v) is 8.01. The largest absolute Gasteiger partial charge is 0.459 e. The zero-order valence-electron chi connectivity index (χ0n) is 24.4. The Morgan fingerprint density at radius 1 is 0.705 bits per heavy atom. The number of hydrogen-bond donors (Lipinski definition) is 0. The van der Waals surface area contributed by atoms with Crippen LogP contribution in [0.1, 0.15) is 34.1 Å². The van der Waals surface area contributed by atoms with E-state index in [0.717, 1.165) is 16.7 Å². The summed E-state index contributed by atoms with van der Waals surface area (Å²) >= 11 is 1.46. The number of pyridine rings is 1. The minimum atomic E-state index is -1.19. The summed E-state index contributed by atoms with van der Waals surface area (Å²) in [5, 5.41) is 0. The summed E-state index contributed by atoms with van der Waals surface area (Å²) in [4.78, 5) is 31.3. The zero-order chi connectivity index (χ0) is 30.6. The molecule has 0 amide bonds. The smallest absolute Gasteiger partial charge is 0.357 e. The lowest BCUT2D eigenvalue weighted by molar-refractivity contribution is -0.237. The van der Waals surface area contributed by atoms with Crippen molar-refractivity contribution >= 4 is 23.7 Å². The Morgan fingerprint density at radius 2 is 1.25 bits per heavy atom. The topological polar surface area (TPSA) is 93.2 Å². The summed E-state index contributed by atoms with van der Waals surface area (Å²) < 4.78 is 31.2. The number of thioether (sulfide) groups is 1. The highest BCUT2D eigenvalue weighted by Crippen LogP contribution is 2.35. The summed E-state index contributed by atoms with van der Waals surface area (Å²) in [5.41, 5.74) is 2.13. The number of hydrogen-bond acceptors (Lipinski definition) is 9. The average Bonchev–Trinajstić information content (AvgIpc) is 3.08. The molecule has 1 aliphatic rings. The van der Waals surface area contributed by atoms with Gasteiger partial charge in [-0.2, -0.15) is 0 Å². The molecule has 1 aromatic heterocycles. The number of benzene rings is 3. The fourth-order valence-electron chi connectivity index (χ4n) is 4.80. The molecule has 0 spiro atoms. The predicted octanol–water partition coefficient (Wildman–Crippen LogP) is 6.00. The van der Waals surface area contributed by atoms with E-state index in [2.05, 4.69) is 4.98 Å². The lowest BCUT2D eigenvalue weighted by Crippen LogP contribution is -2.62. The molecule has 228 valence electrons.